The van der Waals surface area contributed by atoms with Crippen LogP contribution in [0.25, 0.3) is 16.2 Å². The van der Waals surface area contributed by atoms with E-state index in [2.05, 4.69) is 21.5 Å². The first-order chi connectivity index (χ1) is 13.3. The van der Waals surface area contributed by atoms with Gasteiger partial charge in [0.05, 0.1) is 16.6 Å². The third kappa shape index (κ3) is 3.22. The number of nitrogens with one attached hydrogen (secondary N) is 1. The van der Waals surface area contributed by atoms with Gasteiger partial charge in [0.15, 0.2) is 11.3 Å². The minimum atomic E-state index is -4.51. The number of aromatic nitrogens is 3. The Morgan fingerprint density at radius 3 is 2.86 bits per heavy atom. The summed E-state index contributed by atoms with van der Waals surface area (Å²) in [5, 5.41) is 17.4. The number of alkyl halides is 3. The number of amides is 1. The van der Waals surface area contributed by atoms with E-state index in [4.69, 9.17) is 0 Å². The SMILES string of the molecule is Cc1cc(-c2sccc2C#N)nn2c(C(=O)NC(C3CC3)C(F)(F)F)cnc12. The minimum Gasteiger partial charge on any atom is -0.339 e. The summed E-state index contributed by atoms with van der Waals surface area (Å²) in [7, 11) is 0. The fourth-order valence-electron chi connectivity index (χ4n) is 3.10. The average Bonchev–Trinajstić information content (AvgIpc) is 3.18. The molecule has 0 aromatic carbocycles. The largest absolute Gasteiger partial charge is 0.408 e. The summed E-state index contributed by atoms with van der Waals surface area (Å²) in [4.78, 5) is 17.3. The van der Waals surface area contributed by atoms with Gasteiger partial charge in [-0.1, -0.05) is 0 Å². The molecule has 1 N–H and O–H groups in total. The maximum atomic E-state index is 13.2. The maximum Gasteiger partial charge on any atom is 0.408 e. The number of imidazole rings is 1. The summed E-state index contributed by atoms with van der Waals surface area (Å²) in [6, 6.07) is 3.59. The number of carbonyl (C=O) groups is 1. The van der Waals surface area contributed by atoms with E-state index in [-0.39, 0.29) is 5.69 Å². The molecule has 1 fully saturated rings. The van der Waals surface area contributed by atoms with Gasteiger partial charge in [0.25, 0.3) is 5.91 Å². The van der Waals surface area contributed by atoms with Crippen molar-refractivity contribution in [1.82, 2.24) is 19.9 Å². The van der Waals surface area contributed by atoms with E-state index in [0.717, 1.165) is 0 Å². The van der Waals surface area contributed by atoms with Crippen molar-refractivity contribution in [2.24, 2.45) is 5.92 Å². The number of nitrogens with zero attached hydrogens (tertiary/aromatic N) is 4. The number of hydrogen-bond acceptors (Lipinski definition) is 5. The Kier molecular flexibility index (Phi) is 4.34. The van der Waals surface area contributed by atoms with Crippen molar-refractivity contribution >= 4 is 22.9 Å². The number of fused-ring (bicyclic) bond motifs is 1. The van der Waals surface area contributed by atoms with Gasteiger partial charge < -0.3 is 5.32 Å². The summed E-state index contributed by atoms with van der Waals surface area (Å²) >= 11 is 1.32. The average molecular weight is 405 g/mol. The highest BCUT2D eigenvalue weighted by molar-refractivity contribution is 7.13. The highest BCUT2D eigenvalue weighted by atomic mass is 32.1. The van der Waals surface area contributed by atoms with Crippen LogP contribution in [0.15, 0.2) is 23.7 Å². The number of hydrogen-bond donors (Lipinski definition) is 1. The van der Waals surface area contributed by atoms with E-state index in [0.29, 0.717) is 40.2 Å². The van der Waals surface area contributed by atoms with Gasteiger partial charge in [-0.2, -0.15) is 23.5 Å². The van der Waals surface area contributed by atoms with Gasteiger partial charge in [0.2, 0.25) is 0 Å². The molecular weight excluding hydrogens is 391 g/mol. The summed E-state index contributed by atoms with van der Waals surface area (Å²) in [5.41, 5.74) is 1.88. The second-order valence-electron chi connectivity index (χ2n) is 6.70. The molecule has 1 aliphatic carbocycles. The number of halogens is 3. The molecule has 6 nitrogen and oxygen atoms in total. The van der Waals surface area contributed by atoms with Crippen molar-refractivity contribution in [3.63, 3.8) is 0 Å². The van der Waals surface area contributed by atoms with Crippen molar-refractivity contribution < 1.29 is 18.0 Å². The number of rotatable bonds is 4. The molecule has 0 bridgehead atoms. The van der Waals surface area contributed by atoms with Crippen LogP contribution in [0, 0.1) is 24.2 Å². The zero-order chi connectivity index (χ0) is 20.1. The van der Waals surface area contributed by atoms with Crippen LogP contribution in [0.3, 0.4) is 0 Å². The van der Waals surface area contributed by atoms with Crippen molar-refractivity contribution in [1.29, 1.82) is 5.26 Å². The minimum absolute atomic E-state index is 0.0788. The molecule has 3 aromatic rings. The van der Waals surface area contributed by atoms with Crippen molar-refractivity contribution in [2.75, 3.05) is 0 Å². The molecule has 10 heteroatoms. The Morgan fingerprint density at radius 2 is 2.21 bits per heavy atom. The predicted molar refractivity (Wildman–Crippen MR) is 95.8 cm³/mol. The lowest BCUT2D eigenvalue weighted by molar-refractivity contribution is -0.158. The van der Waals surface area contributed by atoms with Gasteiger partial charge in [0.1, 0.15) is 17.8 Å². The summed E-state index contributed by atoms with van der Waals surface area (Å²) in [6.45, 7) is 1.76. The smallest absolute Gasteiger partial charge is 0.339 e. The number of thiophene rings is 1. The second-order valence-corrected chi connectivity index (χ2v) is 7.61. The van der Waals surface area contributed by atoms with Crippen LogP contribution in [0.1, 0.15) is 34.5 Å². The first-order valence-electron chi connectivity index (χ1n) is 8.50. The third-order valence-corrected chi connectivity index (χ3v) is 5.57. The molecule has 0 radical (unpaired) electrons. The summed E-state index contributed by atoms with van der Waals surface area (Å²) < 4.78 is 41.0. The van der Waals surface area contributed by atoms with Gasteiger partial charge in [-0.25, -0.2) is 9.50 Å². The summed E-state index contributed by atoms with van der Waals surface area (Å²) in [5.74, 6) is -1.46. The lowest BCUT2D eigenvalue weighted by atomic mass is 10.1. The van der Waals surface area contributed by atoms with Gasteiger partial charge in [-0.15, -0.1) is 11.3 Å². The van der Waals surface area contributed by atoms with E-state index in [9.17, 15) is 23.2 Å². The first kappa shape index (κ1) is 18.4. The van der Waals surface area contributed by atoms with Gasteiger partial charge in [-0.3, -0.25) is 4.79 Å². The topological polar surface area (TPSA) is 83.1 Å². The van der Waals surface area contributed by atoms with Crippen LogP contribution >= 0.6 is 11.3 Å². The number of aryl methyl sites for hydroxylation is 1. The fraction of sp³-hybridized carbons (Fsp3) is 0.333. The monoisotopic (exact) mass is 405 g/mol. The molecule has 3 aromatic heterocycles. The van der Waals surface area contributed by atoms with Crippen LogP contribution in [-0.2, 0) is 0 Å². The van der Waals surface area contributed by atoms with Crippen molar-refractivity contribution in [3.8, 4) is 16.6 Å². The molecule has 4 rings (SSSR count). The van der Waals surface area contributed by atoms with Gasteiger partial charge >= 0.3 is 6.18 Å². The molecule has 1 amide bonds. The van der Waals surface area contributed by atoms with E-state index in [1.807, 2.05) is 0 Å². The quantitative estimate of drug-likeness (QED) is 0.717. The Balaban J connectivity index is 1.74. The van der Waals surface area contributed by atoms with E-state index in [1.54, 1.807) is 24.4 Å². The van der Waals surface area contributed by atoms with E-state index < -0.39 is 24.0 Å². The highest BCUT2D eigenvalue weighted by Crippen LogP contribution is 2.40. The van der Waals surface area contributed by atoms with Crippen molar-refractivity contribution in [3.05, 3.63) is 40.5 Å². The number of nitriles is 1. The zero-order valence-electron chi connectivity index (χ0n) is 14.6. The standard InChI is InChI=1S/C18H14F3N5OS/c1-9-6-12(14-11(7-22)4-5-28-14)25-26-13(8-23-16(9)26)17(27)24-15(10-2-3-10)18(19,20)21/h4-6,8,10,15H,2-3H2,1H3,(H,24,27). The Morgan fingerprint density at radius 1 is 1.46 bits per heavy atom. The molecule has 1 saturated carbocycles. The van der Waals surface area contributed by atoms with Crippen molar-refractivity contribution in [2.45, 2.75) is 32.0 Å². The predicted octanol–water partition coefficient (Wildman–Crippen LogP) is 3.71. The van der Waals surface area contributed by atoms with E-state index >= 15 is 0 Å². The molecule has 28 heavy (non-hydrogen) atoms. The summed E-state index contributed by atoms with van der Waals surface area (Å²) in [6.07, 6.45) is -2.41. The van der Waals surface area contributed by atoms with Crippen LogP contribution in [0.4, 0.5) is 13.2 Å². The van der Waals surface area contributed by atoms with Gasteiger partial charge in [0, 0.05) is 0 Å². The van der Waals surface area contributed by atoms with E-state index in [1.165, 1.54) is 22.0 Å². The molecule has 1 aliphatic rings. The second kappa shape index (κ2) is 6.60. The lowest BCUT2D eigenvalue weighted by Crippen LogP contribution is -2.47. The first-order valence-corrected chi connectivity index (χ1v) is 9.38. The molecule has 1 unspecified atom stereocenters. The molecule has 0 spiro atoms. The Labute approximate surface area is 161 Å². The molecule has 144 valence electrons. The van der Waals surface area contributed by atoms with Crippen LogP contribution < -0.4 is 5.32 Å². The molecular formula is C18H14F3N5OS. The Hall–Kier alpha value is -2.93. The normalized spacial score (nSPS) is 15.4. The van der Waals surface area contributed by atoms with Crippen LogP contribution in [-0.4, -0.2) is 32.7 Å². The fourth-order valence-corrected chi connectivity index (χ4v) is 3.90. The molecule has 0 aliphatic heterocycles. The highest BCUT2D eigenvalue weighted by Gasteiger charge is 2.49. The molecule has 1 atom stereocenters. The Bertz CT molecular complexity index is 1110. The third-order valence-electron chi connectivity index (χ3n) is 4.64. The maximum absolute atomic E-state index is 13.2. The lowest BCUT2D eigenvalue weighted by Gasteiger charge is -2.21. The molecule has 0 saturated heterocycles. The van der Waals surface area contributed by atoms with Crippen LogP contribution in [0.2, 0.25) is 0 Å². The number of carbonyl (C=O) groups excluding carboxylic acids is 1. The molecule has 3 heterocycles. The zero-order valence-corrected chi connectivity index (χ0v) is 15.4. The van der Waals surface area contributed by atoms with Gasteiger partial charge in [-0.05, 0) is 48.8 Å². The van der Waals surface area contributed by atoms with Crippen LogP contribution in [0.5, 0.6) is 0 Å².